The molecule has 2 saturated heterocycles. The molecule has 2 aromatic heterocycles. The van der Waals surface area contributed by atoms with Gasteiger partial charge in [-0.05, 0) is 73.9 Å². The third-order valence-electron chi connectivity index (χ3n) is 11.2. The minimum absolute atomic E-state index is 0.159. The van der Waals surface area contributed by atoms with Gasteiger partial charge < -0.3 is 31.1 Å². The number of fused-ring (bicyclic) bond motifs is 2. The van der Waals surface area contributed by atoms with Crippen molar-refractivity contribution in [1.29, 1.82) is 0 Å². The normalized spacial score (nSPS) is 23.8. The molecule has 5 N–H and O–H groups in total. The van der Waals surface area contributed by atoms with Crippen LogP contribution in [0.1, 0.15) is 81.3 Å². The molecule has 2 aliphatic heterocycles. The number of anilines is 1. The van der Waals surface area contributed by atoms with Gasteiger partial charge in [-0.25, -0.2) is 9.36 Å². The van der Waals surface area contributed by atoms with Gasteiger partial charge in [-0.3, -0.25) is 19.2 Å². The Kier molecular flexibility index (Phi) is 8.87. The molecule has 2 fully saturated rings. The highest BCUT2D eigenvalue weighted by Gasteiger charge is 2.43. The lowest BCUT2D eigenvalue weighted by Crippen LogP contribution is -2.37. The maximum absolute atomic E-state index is 14.2. The van der Waals surface area contributed by atoms with Crippen molar-refractivity contribution in [1.82, 2.24) is 29.4 Å². The summed E-state index contributed by atoms with van der Waals surface area (Å²) >= 11 is 0. The van der Waals surface area contributed by atoms with Crippen LogP contribution in [0.2, 0.25) is 0 Å². The van der Waals surface area contributed by atoms with E-state index in [0.717, 1.165) is 22.5 Å². The van der Waals surface area contributed by atoms with E-state index in [1.165, 1.54) is 9.80 Å². The lowest BCUT2D eigenvalue weighted by molar-refractivity contribution is -0.138. The maximum atomic E-state index is 14.2. The second-order valence-corrected chi connectivity index (χ2v) is 15.7. The Bertz CT molecular complexity index is 2500. The highest BCUT2D eigenvalue weighted by molar-refractivity contribution is 6.04. The zero-order valence-electron chi connectivity index (χ0n) is 31.6. The summed E-state index contributed by atoms with van der Waals surface area (Å²) in [5, 5.41) is 34.3. The molecule has 4 heterocycles. The van der Waals surface area contributed by atoms with Crippen molar-refractivity contribution >= 4 is 29.3 Å². The number of carbonyl (C=O) groups excluding carboxylic acids is 4. The molecule has 4 amide bonds. The van der Waals surface area contributed by atoms with E-state index in [1.807, 2.05) is 18.2 Å². The van der Waals surface area contributed by atoms with Gasteiger partial charge in [0.25, 0.3) is 23.6 Å². The number of nitrogens with two attached hydrogens (primary N) is 1. The van der Waals surface area contributed by atoms with Gasteiger partial charge in [0.15, 0.2) is 11.4 Å². The first-order valence-corrected chi connectivity index (χ1v) is 18.7. The summed E-state index contributed by atoms with van der Waals surface area (Å²) in [5.41, 5.74) is 8.53. The van der Waals surface area contributed by atoms with Crippen LogP contribution in [0.4, 0.5) is 5.69 Å². The molecule has 4 atom stereocenters. The third kappa shape index (κ3) is 6.40. The predicted octanol–water partition coefficient (Wildman–Crippen LogP) is 1.77. The average Bonchev–Trinajstić information content (AvgIpc) is 3.99. The molecule has 0 bridgehead atoms. The van der Waals surface area contributed by atoms with Crippen molar-refractivity contribution in [3.8, 4) is 35.1 Å². The molecule has 4 aromatic rings. The van der Waals surface area contributed by atoms with Gasteiger partial charge in [0.2, 0.25) is 11.2 Å². The monoisotopic (exact) mass is 754 g/mol. The SMILES string of the molecule is C[C@@H]1Cc2c(C(=O)Nc3cc(C#C[C@]4(O)CCN(C)C4=O)cc(-n4nc(C(N)=O)c5c4C[C@@H](C)C5)c3)nn(-c3cccc(C#C[C@]4(O)CCN(C)C4=O)c3)c2C1. The number of hydrogen-bond donors (Lipinski definition) is 4. The van der Waals surface area contributed by atoms with Crippen molar-refractivity contribution in [2.24, 2.45) is 17.6 Å². The van der Waals surface area contributed by atoms with Crippen LogP contribution in [0.3, 0.4) is 0 Å². The summed E-state index contributed by atoms with van der Waals surface area (Å²) in [6, 6.07) is 12.4. The Hall–Kier alpha value is -6.22. The molecule has 0 spiro atoms. The van der Waals surface area contributed by atoms with E-state index in [-0.39, 0.29) is 36.1 Å². The molecule has 2 aromatic carbocycles. The highest BCUT2D eigenvalue weighted by Crippen LogP contribution is 2.34. The first-order valence-electron chi connectivity index (χ1n) is 18.7. The quantitative estimate of drug-likeness (QED) is 0.222. The van der Waals surface area contributed by atoms with Crippen LogP contribution in [0.5, 0.6) is 0 Å². The van der Waals surface area contributed by atoms with Crippen molar-refractivity contribution in [2.75, 3.05) is 32.5 Å². The number of aromatic nitrogens is 4. The number of aliphatic hydroxyl groups is 2. The molecule has 56 heavy (non-hydrogen) atoms. The van der Waals surface area contributed by atoms with Gasteiger partial charge >= 0.3 is 0 Å². The van der Waals surface area contributed by atoms with Crippen LogP contribution >= 0.6 is 0 Å². The van der Waals surface area contributed by atoms with Crippen molar-refractivity contribution < 1.29 is 29.4 Å². The van der Waals surface area contributed by atoms with Crippen LogP contribution in [-0.4, -0.2) is 102 Å². The number of amides is 4. The number of benzene rings is 2. The Morgan fingerprint density at radius 2 is 1.30 bits per heavy atom. The fourth-order valence-corrected chi connectivity index (χ4v) is 8.20. The van der Waals surface area contributed by atoms with Crippen molar-refractivity contribution in [3.05, 3.63) is 87.5 Å². The van der Waals surface area contributed by atoms with Gasteiger partial charge in [0.05, 0.1) is 11.4 Å². The molecule has 0 radical (unpaired) electrons. The number of likely N-dealkylation sites (N-methyl/N-ethyl adjacent to an activating group) is 2. The standard InChI is InChI=1S/C42H42N8O6/c1-24-16-31-33(18-24)50(45-35(31)37(43)51)30-22-27(9-11-42(56)13-15-48(4)40(42)54)20-28(23-30)44-38(52)36-32-17-25(2)19-34(32)49(46-36)29-7-5-6-26(21-29)8-10-41(55)12-14-47(3)39(41)53/h5-7,20-25,55-56H,12-19H2,1-4H3,(H2,43,51)(H,44,52)/t24-,25+,41-,42-/m0/s1. The van der Waals surface area contributed by atoms with Gasteiger partial charge in [-0.2, -0.15) is 10.2 Å². The van der Waals surface area contributed by atoms with Crippen molar-refractivity contribution in [2.45, 2.75) is 63.6 Å². The highest BCUT2D eigenvalue weighted by atomic mass is 16.3. The molecule has 14 nitrogen and oxygen atoms in total. The first kappa shape index (κ1) is 36.7. The minimum atomic E-state index is -1.84. The van der Waals surface area contributed by atoms with Gasteiger partial charge in [0, 0.05) is 79.4 Å². The summed E-state index contributed by atoms with van der Waals surface area (Å²) in [6.07, 6.45) is 3.05. The summed E-state index contributed by atoms with van der Waals surface area (Å²) in [5.74, 6) is 10.0. The molecule has 0 saturated carbocycles. The smallest absolute Gasteiger partial charge is 0.276 e. The lowest BCUT2D eigenvalue weighted by Gasteiger charge is -2.14. The van der Waals surface area contributed by atoms with E-state index in [9.17, 15) is 29.4 Å². The number of likely N-dealkylation sites (tertiary alicyclic amines) is 2. The number of primary amides is 1. The summed E-state index contributed by atoms with van der Waals surface area (Å²) < 4.78 is 3.41. The largest absolute Gasteiger partial charge is 0.369 e. The van der Waals surface area contributed by atoms with E-state index < -0.39 is 34.8 Å². The van der Waals surface area contributed by atoms with Crippen LogP contribution in [0.15, 0.2) is 42.5 Å². The number of carbonyl (C=O) groups is 4. The second kappa shape index (κ2) is 13.5. The zero-order chi connectivity index (χ0) is 39.7. The average molecular weight is 755 g/mol. The van der Waals surface area contributed by atoms with E-state index in [4.69, 9.17) is 10.8 Å². The third-order valence-corrected chi connectivity index (χ3v) is 11.2. The lowest BCUT2D eigenvalue weighted by atomic mass is 10.0. The molecule has 2 aliphatic carbocycles. The predicted molar refractivity (Wildman–Crippen MR) is 205 cm³/mol. The van der Waals surface area contributed by atoms with Crippen LogP contribution in [0.25, 0.3) is 11.4 Å². The molecular formula is C42H42N8O6. The second-order valence-electron chi connectivity index (χ2n) is 15.7. The van der Waals surface area contributed by atoms with E-state index >= 15 is 0 Å². The fourth-order valence-electron chi connectivity index (χ4n) is 8.20. The van der Waals surface area contributed by atoms with Crippen LogP contribution in [0, 0.1) is 35.5 Å². The Morgan fingerprint density at radius 1 is 0.768 bits per heavy atom. The molecular weight excluding hydrogens is 713 g/mol. The summed E-state index contributed by atoms with van der Waals surface area (Å²) in [6.45, 7) is 4.99. The zero-order valence-corrected chi connectivity index (χ0v) is 31.6. The Morgan fingerprint density at radius 3 is 1.88 bits per heavy atom. The topological polar surface area (TPSA) is 189 Å². The Labute approximate surface area is 323 Å². The molecule has 4 aliphatic rings. The number of rotatable bonds is 5. The van der Waals surface area contributed by atoms with Crippen LogP contribution < -0.4 is 11.1 Å². The van der Waals surface area contributed by atoms with Crippen molar-refractivity contribution in [3.63, 3.8) is 0 Å². The molecule has 14 heteroatoms. The van der Waals surface area contributed by atoms with E-state index in [0.29, 0.717) is 67.0 Å². The number of hydrogen-bond acceptors (Lipinski definition) is 8. The van der Waals surface area contributed by atoms with Gasteiger partial charge in [-0.1, -0.05) is 43.6 Å². The fraction of sp³-hybridized carbons (Fsp3) is 0.381. The van der Waals surface area contributed by atoms with E-state index in [1.54, 1.807) is 47.7 Å². The molecule has 0 unspecified atom stereocenters. The number of nitrogens with one attached hydrogen (secondary N) is 1. The molecule has 286 valence electrons. The van der Waals surface area contributed by atoms with E-state index in [2.05, 4.69) is 47.9 Å². The van der Waals surface area contributed by atoms with Gasteiger partial charge in [0.1, 0.15) is 0 Å². The van der Waals surface area contributed by atoms with Crippen LogP contribution in [-0.2, 0) is 35.3 Å². The molecule has 8 rings (SSSR count). The summed E-state index contributed by atoms with van der Waals surface area (Å²) in [4.78, 5) is 54.7. The summed E-state index contributed by atoms with van der Waals surface area (Å²) in [7, 11) is 3.25. The first-order chi connectivity index (χ1) is 26.6. The maximum Gasteiger partial charge on any atom is 0.276 e. The minimum Gasteiger partial charge on any atom is -0.369 e. The van der Waals surface area contributed by atoms with Gasteiger partial charge in [-0.15, -0.1) is 0 Å². The Balaban J connectivity index is 1.15. The number of nitrogens with zero attached hydrogens (tertiary/aromatic N) is 6.